The van der Waals surface area contributed by atoms with Crippen LogP contribution in [0.5, 0.6) is 11.5 Å². The van der Waals surface area contributed by atoms with E-state index in [0.29, 0.717) is 16.9 Å². The largest absolute Gasteiger partial charge is 0.493 e. The summed E-state index contributed by atoms with van der Waals surface area (Å²) in [6.45, 7) is 3.46. The average Bonchev–Trinajstić information content (AvgIpc) is 3.03. The summed E-state index contributed by atoms with van der Waals surface area (Å²) in [6.07, 6.45) is 1.52. The second-order valence-electron chi connectivity index (χ2n) is 6.33. The average molecular weight is 383 g/mol. The number of aliphatic imine (C=N–C) groups is 1. The van der Waals surface area contributed by atoms with Crippen LogP contribution in [0, 0.1) is 11.7 Å². The van der Waals surface area contributed by atoms with Crippen molar-refractivity contribution in [2.24, 2.45) is 10.9 Å². The van der Waals surface area contributed by atoms with Gasteiger partial charge in [-0.05, 0) is 48.0 Å². The molecule has 0 spiro atoms. The van der Waals surface area contributed by atoms with Gasteiger partial charge in [-0.25, -0.2) is 14.2 Å². The standard InChI is InChI=1S/C21H18FNO5/c1-12(2)20(24)27-17-9-4-13(11-18(17)26-3)10-16-21(25)28-19(23-16)14-5-7-15(22)8-6-14/h4-12H,1-3H3/b16-10-. The molecule has 144 valence electrons. The molecule has 0 N–H and O–H groups in total. The zero-order chi connectivity index (χ0) is 20.3. The highest BCUT2D eigenvalue weighted by Crippen LogP contribution is 2.30. The van der Waals surface area contributed by atoms with Gasteiger partial charge in [0.1, 0.15) is 5.82 Å². The van der Waals surface area contributed by atoms with E-state index in [9.17, 15) is 14.0 Å². The number of nitrogens with zero attached hydrogens (tertiary/aromatic N) is 1. The number of carbonyl (C=O) groups is 2. The molecule has 28 heavy (non-hydrogen) atoms. The highest BCUT2D eigenvalue weighted by atomic mass is 19.1. The molecule has 0 saturated heterocycles. The maximum Gasteiger partial charge on any atom is 0.363 e. The summed E-state index contributed by atoms with van der Waals surface area (Å²) in [4.78, 5) is 28.0. The number of cyclic esters (lactones) is 1. The first kappa shape index (κ1) is 19.3. The summed E-state index contributed by atoms with van der Waals surface area (Å²) in [6, 6.07) is 10.3. The molecule has 1 aliphatic heterocycles. The monoisotopic (exact) mass is 383 g/mol. The van der Waals surface area contributed by atoms with Gasteiger partial charge in [-0.2, -0.15) is 0 Å². The van der Waals surface area contributed by atoms with Gasteiger partial charge in [0.15, 0.2) is 17.2 Å². The molecule has 7 heteroatoms. The summed E-state index contributed by atoms with van der Waals surface area (Å²) < 4.78 is 28.8. The van der Waals surface area contributed by atoms with Crippen LogP contribution in [0.1, 0.15) is 25.0 Å². The van der Waals surface area contributed by atoms with E-state index in [0.717, 1.165) is 0 Å². The third-order valence-corrected chi connectivity index (χ3v) is 3.88. The summed E-state index contributed by atoms with van der Waals surface area (Å²) >= 11 is 0. The van der Waals surface area contributed by atoms with E-state index in [1.807, 2.05) is 0 Å². The predicted octanol–water partition coefficient (Wildman–Crippen LogP) is 3.74. The van der Waals surface area contributed by atoms with Gasteiger partial charge < -0.3 is 14.2 Å². The highest BCUT2D eigenvalue weighted by molar-refractivity contribution is 6.12. The number of methoxy groups -OCH3 is 1. The van der Waals surface area contributed by atoms with Crippen LogP contribution >= 0.6 is 0 Å². The summed E-state index contributed by atoms with van der Waals surface area (Å²) in [7, 11) is 1.45. The number of carbonyl (C=O) groups excluding carboxylic acids is 2. The predicted molar refractivity (Wildman–Crippen MR) is 100 cm³/mol. The molecule has 0 bridgehead atoms. The molecule has 3 rings (SSSR count). The van der Waals surface area contributed by atoms with Crippen LogP contribution in [0.25, 0.3) is 6.08 Å². The maximum atomic E-state index is 13.0. The Morgan fingerprint density at radius 3 is 2.50 bits per heavy atom. The number of hydrogen-bond acceptors (Lipinski definition) is 6. The lowest BCUT2D eigenvalue weighted by Crippen LogP contribution is -2.15. The molecule has 0 aliphatic carbocycles. The zero-order valence-electron chi connectivity index (χ0n) is 15.6. The molecule has 6 nitrogen and oxygen atoms in total. The van der Waals surface area contributed by atoms with Crippen molar-refractivity contribution in [3.8, 4) is 11.5 Å². The van der Waals surface area contributed by atoms with E-state index in [4.69, 9.17) is 14.2 Å². The van der Waals surface area contributed by atoms with E-state index in [1.54, 1.807) is 32.0 Å². The number of halogens is 1. The van der Waals surface area contributed by atoms with E-state index in [2.05, 4.69) is 4.99 Å². The smallest absolute Gasteiger partial charge is 0.363 e. The summed E-state index contributed by atoms with van der Waals surface area (Å²) in [5.74, 6) is -0.935. The number of rotatable bonds is 5. The number of ether oxygens (including phenoxy) is 3. The maximum absolute atomic E-state index is 13.0. The Kier molecular flexibility index (Phi) is 5.54. The first-order chi connectivity index (χ1) is 13.4. The first-order valence-corrected chi connectivity index (χ1v) is 8.55. The molecule has 0 radical (unpaired) electrons. The van der Waals surface area contributed by atoms with E-state index in [-0.39, 0.29) is 29.2 Å². The minimum absolute atomic E-state index is 0.0910. The Morgan fingerprint density at radius 2 is 1.86 bits per heavy atom. The molecular formula is C21H18FNO5. The van der Waals surface area contributed by atoms with Gasteiger partial charge in [-0.1, -0.05) is 19.9 Å². The lowest BCUT2D eigenvalue weighted by Gasteiger charge is -2.11. The second-order valence-corrected chi connectivity index (χ2v) is 6.33. The Hall–Kier alpha value is -3.48. The van der Waals surface area contributed by atoms with Crippen LogP contribution in [0.15, 0.2) is 53.2 Å². The van der Waals surface area contributed by atoms with Gasteiger partial charge in [0.25, 0.3) is 0 Å². The molecule has 0 amide bonds. The van der Waals surface area contributed by atoms with Gasteiger partial charge in [0.2, 0.25) is 5.90 Å². The lowest BCUT2D eigenvalue weighted by molar-refractivity contribution is -0.137. The molecule has 0 atom stereocenters. The number of benzene rings is 2. The van der Waals surface area contributed by atoms with Crippen molar-refractivity contribution >= 4 is 23.9 Å². The van der Waals surface area contributed by atoms with E-state index < -0.39 is 11.8 Å². The normalized spacial score (nSPS) is 14.8. The van der Waals surface area contributed by atoms with Crippen LogP contribution in [-0.4, -0.2) is 24.9 Å². The number of esters is 2. The quantitative estimate of drug-likeness (QED) is 0.447. The Bertz CT molecular complexity index is 977. The SMILES string of the molecule is COc1cc(/C=C2\N=C(c3ccc(F)cc3)OC2=O)ccc1OC(=O)C(C)C. The molecule has 0 saturated carbocycles. The Morgan fingerprint density at radius 1 is 1.14 bits per heavy atom. The van der Waals surface area contributed by atoms with Crippen LogP contribution in [0.3, 0.4) is 0 Å². The highest BCUT2D eigenvalue weighted by Gasteiger charge is 2.24. The van der Waals surface area contributed by atoms with Crippen LogP contribution in [0.2, 0.25) is 0 Å². The van der Waals surface area contributed by atoms with Crippen LogP contribution in [0.4, 0.5) is 4.39 Å². The molecule has 0 aromatic heterocycles. The fraction of sp³-hybridized carbons (Fsp3) is 0.190. The van der Waals surface area contributed by atoms with Gasteiger partial charge in [0.05, 0.1) is 13.0 Å². The molecule has 0 unspecified atom stereocenters. The van der Waals surface area contributed by atoms with Crippen LogP contribution in [-0.2, 0) is 14.3 Å². The molecule has 1 aliphatic rings. The van der Waals surface area contributed by atoms with Crippen molar-refractivity contribution in [2.45, 2.75) is 13.8 Å². The number of hydrogen-bond donors (Lipinski definition) is 0. The van der Waals surface area contributed by atoms with Gasteiger partial charge in [-0.3, -0.25) is 4.79 Å². The second kappa shape index (κ2) is 8.04. The van der Waals surface area contributed by atoms with Crippen molar-refractivity contribution in [1.82, 2.24) is 0 Å². The summed E-state index contributed by atoms with van der Waals surface area (Å²) in [5.41, 5.74) is 1.19. The van der Waals surface area contributed by atoms with Gasteiger partial charge in [-0.15, -0.1) is 0 Å². The van der Waals surface area contributed by atoms with E-state index >= 15 is 0 Å². The van der Waals surface area contributed by atoms with Crippen molar-refractivity contribution in [3.05, 3.63) is 65.1 Å². The topological polar surface area (TPSA) is 74.2 Å². The zero-order valence-corrected chi connectivity index (χ0v) is 15.6. The van der Waals surface area contributed by atoms with Crippen molar-refractivity contribution in [2.75, 3.05) is 7.11 Å². The minimum Gasteiger partial charge on any atom is -0.493 e. The Balaban J connectivity index is 1.87. The molecule has 2 aromatic rings. The van der Waals surface area contributed by atoms with Crippen molar-refractivity contribution in [1.29, 1.82) is 0 Å². The van der Waals surface area contributed by atoms with Crippen molar-refractivity contribution in [3.63, 3.8) is 0 Å². The fourth-order valence-corrected chi connectivity index (χ4v) is 2.37. The molecule has 2 aromatic carbocycles. The lowest BCUT2D eigenvalue weighted by atomic mass is 10.1. The third kappa shape index (κ3) is 4.25. The minimum atomic E-state index is -0.617. The molecule has 0 fully saturated rings. The summed E-state index contributed by atoms with van der Waals surface area (Å²) in [5, 5.41) is 0. The molecular weight excluding hydrogens is 365 g/mol. The van der Waals surface area contributed by atoms with Crippen LogP contribution < -0.4 is 9.47 Å². The third-order valence-electron chi connectivity index (χ3n) is 3.88. The van der Waals surface area contributed by atoms with Crippen molar-refractivity contribution < 1.29 is 28.2 Å². The fourth-order valence-electron chi connectivity index (χ4n) is 2.37. The Labute approximate surface area is 161 Å². The van der Waals surface area contributed by atoms with E-state index in [1.165, 1.54) is 37.5 Å². The van der Waals surface area contributed by atoms with Gasteiger partial charge in [0, 0.05) is 5.56 Å². The first-order valence-electron chi connectivity index (χ1n) is 8.55. The molecule has 1 heterocycles. The van der Waals surface area contributed by atoms with Gasteiger partial charge >= 0.3 is 11.9 Å².